The van der Waals surface area contributed by atoms with Crippen molar-refractivity contribution in [1.82, 2.24) is 19.7 Å². The molecule has 0 N–H and O–H groups in total. The van der Waals surface area contributed by atoms with Crippen LogP contribution in [0.15, 0.2) is 42.7 Å². The number of aromatic nitrogens is 3. The predicted molar refractivity (Wildman–Crippen MR) is 108 cm³/mol. The highest BCUT2D eigenvalue weighted by atomic mass is 35.5. The van der Waals surface area contributed by atoms with E-state index in [1.165, 1.54) is 16.9 Å². The van der Waals surface area contributed by atoms with Gasteiger partial charge in [0.25, 0.3) is 5.91 Å². The van der Waals surface area contributed by atoms with Crippen molar-refractivity contribution in [3.05, 3.63) is 75.2 Å². The predicted octanol–water partition coefficient (Wildman–Crippen LogP) is 5.56. The van der Waals surface area contributed by atoms with E-state index in [9.17, 15) is 18.0 Å². The molecule has 1 amide bonds. The molecule has 0 aliphatic carbocycles. The van der Waals surface area contributed by atoms with Crippen LogP contribution in [0.25, 0.3) is 5.82 Å². The van der Waals surface area contributed by atoms with Crippen LogP contribution in [0.1, 0.15) is 34.1 Å². The van der Waals surface area contributed by atoms with E-state index in [1.54, 1.807) is 30.0 Å². The Morgan fingerprint density at radius 2 is 1.87 bits per heavy atom. The Hall–Kier alpha value is -2.58. The molecule has 158 valence electrons. The lowest BCUT2D eigenvalue weighted by molar-refractivity contribution is -0.137. The van der Waals surface area contributed by atoms with E-state index in [4.69, 9.17) is 23.2 Å². The lowest BCUT2D eigenvalue weighted by Crippen LogP contribution is -2.30. The van der Waals surface area contributed by atoms with Crippen molar-refractivity contribution in [2.24, 2.45) is 0 Å². The van der Waals surface area contributed by atoms with Crippen LogP contribution in [0.4, 0.5) is 13.2 Å². The molecule has 0 saturated carbocycles. The maximum atomic E-state index is 13.0. The molecule has 1 aromatic carbocycles. The smallest absolute Gasteiger partial charge is 0.334 e. The number of benzene rings is 1. The second-order valence-corrected chi connectivity index (χ2v) is 7.34. The molecule has 3 rings (SSSR count). The number of alkyl halides is 3. The van der Waals surface area contributed by atoms with Gasteiger partial charge in [0, 0.05) is 19.3 Å². The summed E-state index contributed by atoms with van der Waals surface area (Å²) in [5, 5.41) is 4.96. The third-order valence-electron chi connectivity index (χ3n) is 4.56. The number of amides is 1. The van der Waals surface area contributed by atoms with Crippen LogP contribution in [0.3, 0.4) is 0 Å². The van der Waals surface area contributed by atoms with Crippen LogP contribution < -0.4 is 0 Å². The number of nitrogens with zero attached hydrogens (tertiary/aromatic N) is 4. The number of carbonyl (C=O) groups excluding carboxylic acids is 1. The highest BCUT2D eigenvalue weighted by molar-refractivity contribution is 6.42. The Balaban J connectivity index is 1.84. The fourth-order valence-corrected chi connectivity index (χ4v) is 3.21. The Morgan fingerprint density at radius 3 is 2.43 bits per heavy atom. The van der Waals surface area contributed by atoms with Crippen LogP contribution in [0.5, 0.6) is 0 Å². The molecule has 30 heavy (non-hydrogen) atoms. The van der Waals surface area contributed by atoms with E-state index in [1.807, 2.05) is 6.92 Å². The van der Waals surface area contributed by atoms with Gasteiger partial charge in [-0.1, -0.05) is 29.3 Å². The van der Waals surface area contributed by atoms with Gasteiger partial charge in [-0.15, -0.1) is 0 Å². The van der Waals surface area contributed by atoms with Crippen LogP contribution in [0.2, 0.25) is 10.0 Å². The van der Waals surface area contributed by atoms with Gasteiger partial charge in [-0.3, -0.25) is 4.79 Å². The molecular formula is C20H17Cl2F3N4O. The van der Waals surface area contributed by atoms with Gasteiger partial charge in [0.05, 0.1) is 33.1 Å². The first-order valence-electron chi connectivity index (χ1n) is 8.93. The molecule has 0 radical (unpaired) electrons. The first-order chi connectivity index (χ1) is 14.1. The van der Waals surface area contributed by atoms with Gasteiger partial charge in [-0.25, -0.2) is 9.67 Å². The Morgan fingerprint density at radius 1 is 1.13 bits per heavy atom. The minimum atomic E-state index is -4.47. The number of carbonyl (C=O) groups is 1. The lowest BCUT2D eigenvalue weighted by Gasteiger charge is -2.21. The molecule has 0 fully saturated rings. The Kier molecular flexibility index (Phi) is 6.38. The van der Waals surface area contributed by atoms with Gasteiger partial charge in [0.2, 0.25) is 0 Å². The first kappa shape index (κ1) is 22.1. The topological polar surface area (TPSA) is 51.0 Å². The van der Waals surface area contributed by atoms with Crippen LogP contribution in [-0.2, 0) is 12.7 Å². The molecule has 5 nitrogen and oxygen atoms in total. The molecule has 2 aromatic heterocycles. The molecule has 0 aliphatic heterocycles. The summed E-state index contributed by atoms with van der Waals surface area (Å²) in [7, 11) is 0. The quantitative estimate of drug-likeness (QED) is 0.504. The van der Waals surface area contributed by atoms with Crippen molar-refractivity contribution in [2.45, 2.75) is 26.6 Å². The number of rotatable bonds is 5. The monoisotopic (exact) mass is 456 g/mol. The molecule has 0 aliphatic rings. The van der Waals surface area contributed by atoms with Crippen molar-refractivity contribution in [2.75, 3.05) is 6.54 Å². The number of hydrogen-bond acceptors (Lipinski definition) is 3. The lowest BCUT2D eigenvalue weighted by atomic mass is 10.1. The summed E-state index contributed by atoms with van der Waals surface area (Å²) < 4.78 is 39.5. The maximum Gasteiger partial charge on any atom is 0.417 e. The first-order valence-corrected chi connectivity index (χ1v) is 9.68. The minimum Gasteiger partial charge on any atom is -0.334 e. The largest absolute Gasteiger partial charge is 0.417 e. The molecule has 0 saturated heterocycles. The summed E-state index contributed by atoms with van der Waals surface area (Å²) in [6, 6.07) is 7.28. The molecule has 0 spiro atoms. The van der Waals surface area contributed by atoms with Crippen molar-refractivity contribution in [3.63, 3.8) is 0 Å². The average molecular weight is 457 g/mol. The maximum absolute atomic E-state index is 13.0. The average Bonchev–Trinajstić information content (AvgIpc) is 3.09. The van der Waals surface area contributed by atoms with Gasteiger partial charge < -0.3 is 4.90 Å². The zero-order valence-electron chi connectivity index (χ0n) is 16.0. The van der Waals surface area contributed by atoms with Crippen LogP contribution >= 0.6 is 23.2 Å². The van der Waals surface area contributed by atoms with Gasteiger partial charge in [-0.05, 0) is 43.7 Å². The highest BCUT2D eigenvalue weighted by Gasteiger charge is 2.31. The third-order valence-corrected chi connectivity index (χ3v) is 5.30. The number of hydrogen-bond donors (Lipinski definition) is 0. The summed E-state index contributed by atoms with van der Waals surface area (Å²) in [5.74, 6) is -0.0775. The normalized spacial score (nSPS) is 11.6. The van der Waals surface area contributed by atoms with Gasteiger partial charge in [-0.2, -0.15) is 18.3 Å². The summed E-state index contributed by atoms with van der Waals surface area (Å²) in [4.78, 5) is 18.5. The molecule has 3 aromatic rings. The summed E-state index contributed by atoms with van der Waals surface area (Å²) in [6.45, 7) is 4.25. The molecule has 0 bridgehead atoms. The number of pyridine rings is 1. The van der Waals surface area contributed by atoms with Gasteiger partial charge in [0.15, 0.2) is 5.82 Å². The van der Waals surface area contributed by atoms with Crippen LogP contribution in [0, 0.1) is 6.92 Å². The highest BCUT2D eigenvalue weighted by Crippen LogP contribution is 2.29. The summed E-state index contributed by atoms with van der Waals surface area (Å²) >= 11 is 12.0. The van der Waals surface area contributed by atoms with E-state index in [2.05, 4.69) is 10.1 Å². The molecular weight excluding hydrogens is 440 g/mol. The third kappa shape index (κ3) is 4.60. The van der Waals surface area contributed by atoms with Gasteiger partial charge in [0.1, 0.15) is 0 Å². The Bertz CT molecular complexity index is 1060. The van der Waals surface area contributed by atoms with Crippen molar-refractivity contribution >= 4 is 29.1 Å². The molecule has 0 unspecified atom stereocenters. The molecule has 2 heterocycles. The Labute approximate surface area is 181 Å². The zero-order chi connectivity index (χ0) is 22.1. The van der Waals surface area contributed by atoms with E-state index < -0.39 is 11.7 Å². The van der Waals surface area contributed by atoms with Crippen molar-refractivity contribution in [3.8, 4) is 5.82 Å². The van der Waals surface area contributed by atoms with Crippen molar-refractivity contribution < 1.29 is 18.0 Å². The van der Waals surface area contributed by atoms with Crippen LogP contribution in [-0.4, -0.2) is 32.1 Å². The second-order valence-electron chi connectivity index (χ2n) is 6.53. The minimum absolute atomic E-state index is 0.187. The summed E-state index contributed by atoms with van der Waals surface area (Å²) in [6.07, 6.45) is -2.35. The van der Waals surface area contributed by atoms with E-state index >= 15 is 0 Å². The number of halogens is 5. The van der Waals surface area contributed by atoms with E-state index in [0.717, 1.165) is 17.8 Å². The second kappa shape index (κ2) is 8.65. The fourth-order valence-electron chi connectivity index (χ4n) is 2.89. The standard InChI is InChI=1S/C20H17Cl2F3N4O/c1-3-28(11-13-4-6-16(21)17(22)8-13)19(30)15-10-27-29(12(15)2)18-7-5-14(9-26-18)20(23,24)25/h4-10H,3,11H2,1-2H3. The molecule has 10 heteroatoms. The zero-order valence-corrected chi connectivity index (χ0v) is 17.6. The van der Waals surface area contributed by atoms with Crippen molar-refractivity contribution in [1.29, 1.82) is 0 Å². The van der Waals surface area contributed by atoms with E-state index in [0.29, 0.717) is 34.4 Å². The fraction of sp³-hybridized carbons (Fsp3) is 0.250. The molecule has 0 atom stereocenters. The summed E-state index contributed by atoms with van der Waals surface area (Å²) in [5.41, 5.74) is 0.763. The van der Waals surface area contributed by atoms with Gasteiger partial charge >= 0.3 is 6.18 Å². The van der Waals surface area contributed by atoms with E-state index in [-0.39, 0.29) is 11.7 Å². The SMILES string of the molecule is CCN(Cc1ccc(Cl)c(Cl)c1)C(=O)c1cnn(-c2ccc(C(F)(F)F)cn2)c1C.